The number of carbonyl (C=O) groups is 1. The van der Waals surface area contributed by atoms with Gasteiger partial charge in [0, 0.05) is 25.9 Å². The molecule has 1 aliphatic heterocycles. The number of ether oxygens (including phenoxy) is 3. The normalized spacial score (nSPS) is 42.9. The second-order valence-electron chi connectivity index (χ2n) is 7.46. The molecule has 0 bridgehead atoms. The monoisotopic (exact) mass is 306 g/mol. The Labute approximate surface area is 132 Å². The minimum atomic E-state index is -0.624. The van der Waals surface area contributed by atoms with E-state index < -0.39 is 12.6 Å². The molecule has 0 aromatic rings. The summed E-state index contributed by atoms with van der Waals surface area (Å²) in [5.74, 6) is 1.06. The number of carbonyl (C=O) groups excluding carboxylic acids is 1. The Morgan fingerprint density at radius 2 is 2.00 bits per heavy atom. The molecule has 4 heteroatoms. The summed E-state index contributed by atoms with van der Waals surface area (Å²) >= 11 is 0. The Bertz CT molecular complexity index is 521. The van der Waals surface area contributed by atoms with Gasteiger partial charge in [-0.25, -0.2) is 0 Å². The summed E-state index contributed by atoms with van der Waals surface area (Å²) in [6.45, 7) is 14.5. The number of fused-ring (bicyclic) bond motifs is 3. The molecule has 1 saturated heterocycles. The van der Waals surface area contributed by atoms with Crippen LogP contribution in [0.15, 0.2) is 24.3 Å². The van der Waals surface area contributed by atoms with E-state index in [1.54, 1.807) is 7.11 Å². The molecule has 0 unspecified atom stereocenters. The van der Waals surface area contributed by atoms with Crippen molar-refractivity contribution in [3.8, 4) is 0 Å². The highest BCUT2D eigenvalue weighted by Crippen LogP contribution is 2.69. The van der Waals surface area contributed by atoms with E-state index in [-0.39, 0.29) is 17.8 Å². The van der Waals surface area contributed by atoms with Gasteiger partial charge in [0.15, 0.2) is 6.29 Å². The fourth-order valence-corrected chi connectivity index (χ4v) is 4.78. The predicted octanol–water partition coefficient (Wildman–Crippen LogP) is 3.29. The summed E-state index contributed by atoms with van der Waals surface area (Å²) in [6.07, 6.45) is 0.952. The summed E-state index contributed by atoms with van der Waals surface area (Å²) in [4.78, 5) is 11.5. The second kappa shape index (κ2) is 5.20. The van der Waals surface area contributed by atoms with Crippen LogP contribution in [0.3, 0.4) is 0 Å². The van der Waals surface area contributed by atoms with Gasteiger partial charge in [0.1, 0.15) is 0 Å². The van der Waals surface area contributed by atoms with Crippen molar-refractivity contribution >= 4 is 5.97 Å². The third-order valence-electron chi connectivity index (χ3n) is 5.94. The second-order valence-corrected chi connectivity index (χ2v) is 7.46. The zero-order valence-electron chi connectivity index (χ0n) is 13.9. The summed E-state index contributed by atoms with van der Waals surface area (Å²) in [5, 5.41) is 0. The highest BCUT2D eigenvalue weighted by atomic mass is 16.8. The van der Waals surface area contributed by atoms with Crippen molar-refractivity contribution in [3.63, 3.8) is 0 Å². The van der Waals surface area contributed by atoms with Crippen LogP contribution in [-0.2, 0) is 19.0 Å². The molecule has 0 N–H and O–H groups in total. The Morgan fingerprint density at radius 1 is 1.32 bits per heavy atom. The molecular formula is C18H26O4. The van der Waals surface area contributed by atoms with Gasteiger partial charge in [-0.2, -0.15) is 0 Å². The van der Waals surface area contributed by atoms with Gasteiger partial charge in [-0.15, -0.1) is 0 Å². The Balaban J connectivity index is 1.98. The quantitative estimate of drug-likeness (QED) is 0.580. The predicted molar refractivity (Wildman–Crippen MR) is 82.7 cm³/mol. The van der Waals surface area contributed by atoms with Crippen LogP contribution in [0.5, 0.6) is 0 Å². The third kappa shape index (κ3) is 2.24. The molecule has 6 atom stereocenters. The van der Waals surface area contributed by atoms with Crippen LogP contribution in [0.2, 0.25) is 0 Å². The van der Waals surface area contributed by atoms with Gasteiger partial charge in [-0.05, 0) is 35.7 Å². The lowest BCUT2D eigenvalue weighted by Gasteiger charge is -2.43. The molecule has 0 spiro atoms. The highest BCUT2D eigenvalue weighted by molar-refractivity contribution is 5.66. The summed E-state index contributed by atoms with van der Waals surface area (Å²) in [5.41, 5.74) is 2.36. The van der Waals surface area contributed by atoms with E-state index in [0.29, 0.717) is 17.3 Å². The summed E-state index contributed by atoms with van der Waals surface area (Å²) in [7, 11) is 1.60. The van der Waals surface area contributed by atoms with E-state index in [9.17, 15) is 4.79 Å². The van der Waals surface area contributed by atoms with Crippen molar-refractivity contribution in [1.82, 2.24) is 0 Å². The molecule has 0 aromatic heterocycles. The molecule has 2 saturated carbocycles. The lowest BCUT2D eigenvalue weighted by molar-refractivity contribution is -0.258. The fraction of sp³-hybridized carbons (Fsp3) is 0.722. The molecule has 22 heavy (non-hydrogen) atoms. The highest BCUT2D eigenvalue weighted by Gasteiger charge is 2.66. The fourth-order valence-electron chi connectivity index (χ4n) is 4.78. The molecule has 1 heterocycles. The van der Waals surface area contributed by atoms with Crippen molar-refractivity contribution in [3.05, 3.63) is 24.3 Å². The maximum absolute atomic E-state index is 11.5. The molecule has 0 aromatic carbocycles. The van der Waals surface area contributed by atoms with E-state index >= 15 is 0 Å². The Kier molecular flexibility index (Phi) is 3.73. The molecule has 2 aliphatic carbocycles. The number of hydrogen-bond donors (Lipinski definition) is 0. The molecule has 3 aliphatic rings. The van der Waals surface area contributed by atoms with Crippen LogP contribution < -0.4 is 0 Å². The van der Waals surface area contributed by atoms with Crippen molar-refractivity contribution in [2.24, 2.45) is 29.1 Å². The van der Waals surface area contributed by atoms with Crippen LogP contribution in [0.4, 0.5) is 0 Å². The van der Waals surface area contributed by atoms with Crippen molar-refractivity contribution in [2.45, 2.75) is 46.2 Å². The number of esters is 1. The van der Waals surface area contributed by atoms with Gasteiger partial charge >= 0.3 is 5.97 Å². The molecule has 4 nitrogen and oxygen atoms in total. The first-order valence-corrected chi connectivity index (χ1v) is 8.00. The van der Waals surface area contributed by atoms with Gasteiger partial charge in [0.05, 0.1) is 0 Å². The largest absolute Gasteiger partial charge is 0.435 e. The van der Waals surface area contributed by atoms with Crippen LogP contribution in [0.1, 0.15) is 33.6 Å². The molecule has 0 amide bonds. The maximum atomic E-state index is 11.5. The summed E-state index contributed by atoms with van der Waals surface area (Å²) in [6, 6.07) is 0. The third-order valence-corrected chi connectivity index (χ3v) is 5.94. The van der Waals surface area contributed by atoms with Crippen LogP contribution in [0.25, 0.3) is 0 Å². The van der Waals surface area contributed by atoms with Gasteiger partial charge in [0.2, 0.25) is 6.29 Å². The SMILES string of the molecule is C=C1CC[C@H]2[C@@H]([C@H]3C(=C)[C@@H](OC)O[C@H](OC(C)=O)[C@@H]13)C2(C)C. The van der Waals surface area contributed by atoms with Crippen molar-refractivity contribution < 1.29 is 19.0 Å². The number of hydrogen-bond acceptors (Lipinski definition) is 4. The minimum absolute atomic E-state index is 0.0143. The number of rotatable bonds is 2. The van der Waals surface area contributed by atoms with Crippen molar-refractivity contribution in [2.75, 3.05) is 7.11 Å². The first-order valence-electron chi connectivity index (χ1n) is 8.00. The molecule has 0 radical (unpaired) electrons. The van der Waals surface area contributed by atoms with Crippen LogP contribution in [-0.4, -0.2) is 25.7 Å². The minimum Gasteiger partial charge on any atom is -0.435 e. The lowest BCUT2D eigenvalue weighted by Crippen LogP contribution is -2.47. The lowest BCUT2D eigenvalue weighted by atomic mass is 9.74. The van der Waals surface area contributed by atoms with Gasteiger partial charge < -0.3 is 14.2 Å². The zero-order valence-corrected chi connectivity index (χ0v) is 13.9. The van der Waals surface area contributed by atoms with E-state index in [1.807, 2.05) is 0 Å². The van der Waals surface area contributed by atoms with Gasteiger partial charge in [-0.1, -0.05) is 32.6 Å². The van der Waals surface area contributed by atoms with E-state index in [4.69, 9.17) is 14.2 Å². The van der Waals surface area contributed by atoms with Gasteiger partial charge in [-0.3, -0.25) is 4.79 Å². The maximum Gasteiger partial charge on any atom is 0.304 e. The van der Waals surface area contributed by atoms with Crippen molar-refractivity contribution in [1.29, 1.82) is 0 Å². The van der Waals surface area contributed by atoms with E-state index in [0.717, 1.165) is 24.0 Å². The van der Waals surface area contributed by atoms with Crippen LogP contribution in [0, 0.1) is 29.1 Å². The average Bonchev–Trinajstić information content (AvgIpc) is 3.02. The molecule has 3 fully saturated rings. The van der Waals surface area contributed by atoms with E-state index in [2.05, 4.69) is 27.0 Å². The smallest absolute Gasteiger partial charge is 0.304 e. The van der Waals surface area contributed by atoms with Crippen LogP contribution >= 0.6 is 0 Å². The molecule has 122 valence electrons. The van der Waals surface area contributed by atoms with Gasteiger partial charge in [0.25, 0.3) is 0 Å². The number of methoxy groups -OCH3 is 1. The van der Waals surface area contributed by atoms with E-state index in [1.165, 1.54) is 6.92 Å². The molecule has 3 rings (SSSR count). The topological polar surface area (TPSA) is 44.8 Å². The molecular weight excluding hydrogens is 280 g/mol. The standard InChI is InChI=1S/C18H26O4/c1-9-7-8-12-15(18(12,4)5)14-10(2)16(20-6)22-17(13(9)14)21-11(3)19/h12-17H,1-2,7-8H2,3-6H3/t12-,13-,14-,15-,16-,17-/m0/s1. The first-order chi connectivity index (χ1) is 10.3. The Hall–Kier alpha value is -1.13. The first kappa shape index (κ1) is 15.8. The zero-order chi connectivity index (χ0) is 16.2. The summed E-state index contributed by atoms with van der Waals surface area (Å²) < 4.78 is 16.8. The average molecular weight is 306 g/mol. The Morgan fingerprint density at radius 3 is 2.59 bits per heavy atom.